The van der Waals surface area contributed by atoms with Crippen LogP contribution < -0.4 is 0 Å². The van der Waals surface area contributed by atoms with E-state index in [9.17, 15) is 0 Å². The van der Waals surface area contributed by atoms with Gasteiger partial charge in [0.25, 0.3) is 0 Å². The summed E-state index contributed by atoms with van der Waals surface area (Å²) in [5, 5.41) is 7.15. The second-order valence-corrected chi connectivity index (χ2v) is 7.80. The van der Waals surface area contributed by atoms with E-state index in [1.807, 2.05) is 11.3 Å². The smallest absolute Gasteiger partial charge is 0.186 e. The molecule has 130 valence electrons. The van der Waals surface area contributed by atoms with Crippen LogP contribution in [-0.2, 0) is 9.59 Å². The van der Waals surface area contributed by atoms with Gasteiger partial charge < -0.3 is 0 Å². The van der Waals surface area contributed by atoms with E-state index in [2.05, 4.69) is 83.0 Å². The quantitative estimate of drug-likeness (QED) is 0.292. The van der Waals surface area contributed by atoms with E-state index in [1.165, 1.54) is 31.3 Å². The second-order valence-electron chi connectivity index (χ2n) is 5.06. The van der Waals surface area contributed by atoms with Crippen LogP contribution in [0.4, 0.5) is 0 Å². The summed E-state index contributed by atoms with van der Waals surface area (Å²) in [6, 6.07) is 14.9. The van der Waals surface area contributed by atoms with E-state index < -0.39 is 0 Å². The minimum atomic E-state index is 0. The van der Waals surface area contributed by atoms with Gasteiger partial charge in [-0.3, -0.25) is 0 Å². The van der Waals surface area contributed by atoms with E-state index in [-0.39, 0.29) is 13.6 Å². The highest BCUT2D eigenvalue weighted by atomic mass is 79.9. The van der Waals surface area contributed by atoms with Crippen molar-refractivity contribution in [3.05, 3.63) is 68.8 Å². The number of halogens is 1. The normalized spacial score (nSPS) is 9.24. The minimum absolute atomic E-state index is 0. The van der Waals surface area contributed by atoms with Gasteiger partial charge >= 0.3 is 6.15 Å². The zero-order valence-corrected chi connectivity index (χ0v) is 16.4. The molecule has 0 atom stereocenters. The highest BCUT2D eigenvalue weighted by Crippen LogP contribution is 2.27. The lowest BCUT2D eigenvalue weighted by molar-refractivity contribution is -0.191. The van der Waals surface area contributed by atoms with Gasteiger partial charge in [-0.1, -0.05) is 41.6 Å². The van der Waals surface area contributed by atoms with Crippen molar-refractivity contribution >= 4 is 64.9 Å². The maximum Gasteiger partial charge on any atom is 0.373 e. The van der Waals surface area contributed by atoms with Crippen LogP contribution in [0.15, 0.2) is 57.7 Å². The van der Waals surface area contributed by atoms with Crippen LogP contribution in [-0.4, -0.2) is 6.15 Å². The van der Waals surface area contributed by atoms with Gasteiger partial charge in [-0.05, 0) is 70.8 Å². The van der Waals surface area contributed by atoms with Gasteiger partial charge in [-0.2, -0.15) is 9.59 Å². The monoisotopic (exact) mass is 434 g/mol. The summed E-state index contributed by atoms with van der Waals surface area (Å²) in [5.41, 5.74) is 2.76. The molecule has 2 aromatic heterocycles. The number of rotatable bonds is 0. The summed E-state index contributed by atoms with van der Waals surface area (Å²) in [4.78, 5) is 16.2. The van der Waals surface area contributed by atoms with E-state index in [0.717, 1.165) is 4.47 Å². The van der Waals surface area contributed by atoms with Crippen LogP contribution >= 0.6 is 38.6 Å². The first-order valence-electron chi connectivity index (χ1n) is 7.12. The Morgan fingerprint density at radius 2 is 1.36 bits per heavy atom. The fourth-order valence-corrected chi connectivity index (χ4v) is 4.47. The topological polar surface area (TPSA) is 34.1 Å². The fourth-order valence-electron chi connectivity index (χ4n) is 2.24. The molecule has 4 aromatic rings. The molecular weight excluding hydrogens is 416 g/mol. The van der Waals surface area contributed by atoms with Crippen molar-refractivity contribution in [2.24, 2.45) is 0 Å². The lowest BCUT2D eigenvalue weighted by Gasteiger charge is -1.91. The standard InChI is InChI=1S/C9H7BrS.C9H8S.CO2.CH4/c1-6-5-11-9-3-2-7(10)4-8(6)9;1-7-6-10-9-5-3-2-4-8(7)9;2-1-3;/h2-5H,1H3;2-6H,1H3;;1H4. The van der Waals surface area contributed by atoms with E-state index in [4.69, 9.17) is 9.59 Å². The Labute approximate surface area is 164 Å². The van der Waals surface area contributed by atoms with Gasteiger partial charge in [0.15, 0.2) is 0 Å². The number of hydrogen-bond donors (Lipinski definition) is 0. The molecule has 0 N–H and O–H groups in total. The van der Waals surface area contributed by atoms with Gasteiger partial charge in [0.05, 0.1) is 0 Å². The molecule has 0 radical (unpaired) electrons. The Bertz CT molecular complexity index is 980. The fraction of sp³-hybridized carbons (Fsp3) is 0.150. The number of carbonyl (C=O) groups excluding carboxylic acids is 2. The third-order valence-electron chi connectivity index (χ3n) is 3.40. The molecule has 0 saturated carbocycles. The Kier molecular flexibility index (Phi) is 8.73. The molecule has 0 saturated heterocycles. The summed E-state index contributed by atoms with van der Waals surface area (Å²) in [7, 11) is 0. The summed E-state index contributed by atoms with van der Waals surface area (Å²) in [5.74, 6) is 0. The number of aryl methyl sites for hydroxylation is 2. The molecular formula is C20H19BrO2S2. The number of fused-ring (bicyclic) bond motifs is 2. The lowest BCUT2D eigenvalue weighted by atomic mass is 10.2. The third-order valence-corrected chi connectivity index (χ3v) is 6.06. The van der Waals surface area contributed by atoms with Crippen molar-refractivity contribution in [2.75, 3.05) is 0 Å². The molecule has 0 bridgehead atoms. The van der Waals surface area contributed by atoms with Crippen LogP contribution in [0.25, 0.3) is 20.2 Å². The summed E-state index contributed by atoms with van der Waals surface area (Å²) in [6.45, 7) is 4.30. The molecule has 0 amide bonds. The number of benzene rings is 2. The molecule has 2 heterocycles. The average Bonchev–Trinajstić information content (AvgIpc) is 3.13. The first kappa shape index (κ1) is 21.3. The molecule has 5 heteroatoms. The van der Waals surface area contributed by atoms with Crippen LogP contribution in [0.2, 0.25) is 0 Å². The zero-order valence-electron chi connectivity index (χ0n) is 13.2. The van der Waals surface area contributed by atoms with Gasteiger partial charge in [-0.15, -0.1) is 22.7 Å². The largest absolute Gasteiger partial charge is 0.373 e. The second kappa shape index (κ2) is 10.3. The van der Waals surface area contributed by atoms with Crippen molar-refractivity contribution < 1.29 is 9.59 Å². The maximum absolute atomic E-state index is 8.12. The molecule has 0 spiro atoms. The van der Waals surface area contributed by atoms with Crippen LogP contribution in [0.1, 0.15) is 18.6 Å². The summed E-state index contributed by atoms with van der Waals surface area (Å²) < 4.78 is 3.91. The lowest BCUT2D eigenvalue weighted by Crippen LogP contribution is -1.67. The van der Waals surface area contributed by atoms with Crippen LogP contribution in [0.5, 0.6) is 0 Å². The third kappa shape index (κ3) is 5.62. The predicted octanol–water partition coefficient (Wildman–Crippen LogP) is 7.23. The first-order valence-corrected chi connectivity index (χ1v) is 9.67. The molecule has 4 rings (SSSR count). The molecule has 0 aliphatic carbocycles. The highest BCUT2D eigenvalue weighted by Gasteiger charge is 1.98. The van der Waals surface area contributed by atoms with Crippen molar-refractivity contribution in [1.82, 2.24) is 0 Å². The van der Waals surface area contributed by atoms with Gasteiger partial charge in [-0.25, -0.2) is 0 Å². The maximum atomic E-state index is 8.12. The molecule has 0 aliphatic rings. The average molecular weight is 435 g/mol. The van der Waals surface area contributed by atoms with Gasteiger partial charge in [0.2, 0.25) is 0 Å². The summed E-state index contributed by atoms with van der Waals surface area (Å²) >= 11 is 7.07. The van der Waals surface area contributed by atoms with Crippen LogP contribution in [0.3, 0.4) is 0 Å². The number of thiophene rings is 2. The summed E-state index contributed by atoms with van der Waals surface area (Å²) in [6.07, 6.45) is 0.250. The van der Waals surface area contributed by atoms with E-state index >= 15 is 0 Å². The van der Waals surface area contributed by atoms with Gasteiger partial charge in [0.1, 0.15) is 0 Å². The zero-order chi connectivity index (χ0) is 17.5. The molecule has 0 unspecified atom stereocenters. The molecule has 2 aromatic carbocycles. The van der Waals surface area contributed by atoms with Crippen molar-refractivity contribution in [3.8, 4) is 0 Å². The Balaban J connectivity index is 0.000000210. The van der Waals surface area contributed by atoms with Gasteiger partial charge in [0, 0.05) is 13.9 Å². The molecule has 25 heavy (non-hydrogen) atoms. The minimum Gasteiger partial charge on any atom is -0.186 e. The van der Waals surface area contributed by atoms with Crippen molar-refractivity contribution in [3.63, 3.8) is 0 Å². The highest BCUT2D eigenvalue weighted by molar-refractivity contribution is 9.10. The molecule has 2 nitrogen and oxygen atoms in total. The Morgan fingerprint density at radius 3 is 1.96 bits per heavy atom. The SMILES string of the molecule is C.Cc1csc2ccc(Br)cc12.Cc1csc2ccccc12.O=C=O. The van der Waals surface area contributed by atoms with E-state index in [0.29, 0.717) is 0 Å². The molecule has 0 fully saturated rings. The predicted molar refractivity (Wildman–Crippen MR) is 113 cm³/mol. The number of hydrogen-bond acceptors (Lipinski definition) is 4. The van der Waals surface area contributed by atoms with Crippen molar-refractivity contribution in [2.45, 2.75) is 21.3 Å². The Hall–Kier alpha value is -1.78. The van der Waals surface area contributed by atoms with E-state index in [1.54, 1.807) is 11.3 Å². The Morgan fingerprint density at radius 1 is 0.840 bits per heavy atom. The molecule has 0 aliphatic heterocycles. The van der Waals surface area contributed by atoms with Crippen LogP contribution in [0, 0.1) is 13.8 Å². The van der Waals surface area contributed by atoms with Crippen molar-refractivity contribution in [1.29, 1.82) is 0 Å². The first-order chi connectivity index (χ1) is 11.6.